The number of piperidine rings is 1. The fourth-order valence-corrected chi connectivity index (χ4v) is 3.77. The van der Waals surface area contributed by atoms with E-state index < -0.39 is 11.7 Å². The van der Waals surface area contributed by atoms with E-state index in [-0.39, 0.29) is 5.69 Å². The van der Waals surface area contributed by atoms with Crippen LogP contribution in [0, 0.1) is 0 Å². The number of para-hydroxylation sites is 1. The Morgan fingerprint density at radius 2 is 1.84 bits per heavy atom. The summed E-state index contributed by atoms with van der Waals surface area (Å²) in [6.07, 6.45) is 0.0213. The normalized spacial score (nSPS) is 18.2. The Bertz CT molecular complexity index is 760. The van der Waals surface area contributed by atoms with E-state index in [1.807, 2.05) is 0 Å². The van der Waals surface area contributed by atoms with Gasteiger partial charge in [0.05, 0.1) is 16.9 Å². The van der Waals surface area contributed by atoms with Gasteiger partial charge in [-0.3, -0.25) is 4.90 Å². The Balaban J connectivity index is 1.73. The fraction of sp³-hybridized carbons (Fsp3) is 0.500. The Morgan fingerprint density at radius 1 is 1.08 bits per heavy atom. The van der Waals surface area contributed by atoms with Crippen molar-refractivity contribution in [1.29, 1.82) is 0 Å². The molecular weight excluding hydrogens is 329 g/mol. The number of aromatic nitrogens is 2. The molecule has 2 aliphatic rings. The average molecular weight is 350 g/mol. The summed E-state index contributed by atoms with van der Waals surface area (Å²) in [7, 11) is 0. The van der Waals surface area contributed by atoms with Crippen LogP contribution in [-0.4, -0.2) is 34.3 Å². The first kappa shape index (κ1) is 16.4. The molecule has 1 saturated heterocycles. The smallest absolute Gasteiger partial charge is 0.369 e. The minimum absolute atomic E-state index is 0.0885. The number of likely N-dealkylation sites (tertiary alicyclic amines) is 1. The summed E-state index contributed by atoms with van der Waals surface area (Å²) in [5.41, 5.74) is 1.39. The topological polar surface area (TPSA) is 33.1 Å². The molecule has 3 heterocycles. The minimum Gasteiger partial charge on any atom is -0.369 e. The van der Waals surface area contributed by atoms with Crippen molar-refractivity contribution in [1.82, 2.24) is 14.7 Å². The van der Waals surface area contributed by atoms with Gasteiger partial charge in [0, 0.05) is 18.7 Å². The predicted molar refractivity (Wildman–Crippen MR) is 89.9 cm³/mol. The molecule has 0 amide bonds. The molecule has 0 radical (unpaired) electrons. The molecule has 4 nitrogen and oxygen atoms in total. The maximum absolute atomic E-state index is 13.4. The zero-order chi connectivity index (χ0) is 17.4. The van der Waals surface area contributed by atoms with Gasteiger partial charge in [-0.15, -0.1) is 0 Å². The Kier molecular flexibility index (Phi) is 4.19. The summed E-state index contributed by atoms with van der Waals surface area (Å²) < 4.78 is 41.6. The van der Waals surface area contributed by atoms with Crippen LogP contribution in [0.15, 0.2) is 24.3 Å². The van der Waals surface area contributed by atoms with Gasteiger partial charge < -0.3 is 5.32 Å². The van der Waals surface area contributed by atoms with E-state index in [1.165, 1.54) is 36.1 Å². The lowest BCUT2D eigenvalue weighted by Crippen LogP contribution is -2.29. The van der Waals surface area contributed by atoms with Crippen LogP contribution in [0.3, 0.4) is 0 Å². The molecule has 25 heavy (non-hydrogen) atoms. The fourth-order valence-electron chi connectivity index (χ4n) is 3.77. The third-order valence-corrected chi connectivity index (χ3v) is 4.99. The SMILES string of the molecule is FC(F)(F)c1ccccc1-n1nc(CN2CCCCC2)c2c1NCC2. The molecule has 4 rings (SSSR count). The summed E-state index contributed by atoms with van der Waals surface area (Å²) >= 11 is 0. The molecule has 0 aliphatic carbocycles. The van der Waals surface area contributed by atoms with Gasteiger partial charge in [0.25, 0.3) is 0 Å². The van der Waals surface area contributed by atoms with Gasteiger partial charge in [-0.1, -0.05) is 18.6 Å². The second-order valence-electron chi connectivity index (χ2n) is 6.71. The van der Waals surface area contributed by atoms with Gasteiger partial charge in [-0.2, -0.15) is 18.3 Å². The number of nitrogens with one attached hydrogen (secondary N) is 1. The lowest BCUT2D eigenvalue weighted by Gasteiger charge is -2.25. The van der Waals surface area contributed by atoms with E-state index >= 15 is 0 Å². The van der Waals surface area contributed by atoms with Crippen LogP contribution in [0.1, 0.15) is 36.1 Å². The Labute approximate surface area is 144 Å². The molecule has 1 aromatic heterocycles. The summed E-state index contributed by atoms with van der Waals surface area (Å²) in [5.74, 6) is 0.712. The molecule has 0 unspecified atom stereocenters. The van der Waals surface area contributed by atoms with Crippen LogP contribution in [0.25, 0.3) is 5.69 Å². The summed E-state index contributed by atoms with van der Waals surface area (Å²) in [6.45, 7) is 3.53. The first-order valence-corrected chi connectivity index (χ1v) is 8.77. The number of hydrogen-bond acceptors (Lipinski definition) is 3. The van der Waals surface area contributed by atoms with Crippen LogP contribution < -0.4 is 5.32 Å². The first-order valence-electron chi connectivity index (χ1n) is 8.77. The average Bonchev–Trinajstić information content (AvgIpc) is 3.19. The standard InChI is InChI=1S/C18H21F3N4/c19-18(20,21)14-6-2-3-7-16(14)25-17-13(8-9-22-17)15(23-25)12-24-10-4-1-5-11-24/h2-3,6-7,22H,1,4-5,8-12H2. The van der Waals surface area contributed by atoms with E-state index in [4.69, 9.17) is 0 Å². The van der Waals surface area contributed by atoms with E-state index in [9.17, 15) is 13.2 Å². The minimum atomic E-state index is -4.40. The molecule has 7 heteroatoms. The zero-order valence-electron chi connectivity index (χ0n) is 13.9. The maximum Gasteiger partial charge on any atom is 0.418 e. The molecule has 1 fully saturated rings. The van der Waals surface area contributed by atoms with Gasteiger partial charge in [-0.05, 0) is 44.5 Å². The molecule has 0 atom stereocenters. The van der Waals surface area contributed by atoms with Gasteiger partial charge in [0.2, 0.25) is 0 Å². The van der Waals surface area contributed by atoms with Gasteiger partial charge >= 0.3 is 6.18 Å². The molecule has 2 aliphatic heterocycles. The summed E-state index contributed by atoms with van der Waals surface area (Å²) in [5, 5.41) is 7.80. The number of hydrogen-bond donors (Lipinski definition) is 1. The second-order valence-corrected chi connectivity index (χ2v) is 6.71. The van der Waals surface area contributed by atoms with Crippen LogP contribution >= 0.6 is 0 Å². The van der Waals surface area contributed by atoms with Gasteiger partial charge in [0.15, 0.2) is 0 Å². The van der Waals surface area contributed by atoms with Crippen molar-refractivity contribution >= 4 is 5.82 Å². The third kappa shape index (κ3) is 3.13. The highest BCUT2D eigenvalue weighted by molar-refractivity contribution is 5.58. The highest BCUT2D eigenvalue weighted by Gasteiger charge is 2.35. The highest BCUT2D eigenvalue weighted by Crippen LogP contribution is 2.37. The van der Waals surface area contributed by atoms with Crippen molar-refractivity contribution in [3.63, 3.8) is 0 Å². The van der Waals surface area contributed by atoms with Crippen LogP contribution in [0.2, 0.25) is 0 Å². The number of halogens is 3. The van der Waals surface area contributed by atoms with Crippen LogP contribution in [0.4, 0.5) is 19.0 Å². The summed E-state index contributed by atoms with van der Waals surface area (Å²) in [4.78, 5) is 2.35. The molecule has 1 N–H and O–H groups in total. The van der Waals surface area contributed by atoms with Crippen LogP contribution in [-0.2, 0) is 19.1 Å². The Hall–Kier alpha value is -2.02. The number of benzene rings is 1. The maximum atomic E-state index is 13.4. The first-order chi connectivity index (χ1) is 12.0. The molecule has 1 aromatic carbocycles. The molecule has 0 bridgehead atoms. The molecular formula is C18H21F3N4. The number of alkyl halides is 3. The number of anilines is 1. The van der Waals surface area contributed by atoms with Crippen molar-refractivity contribution in [3.05, 3.63) is 41.1 Å². The lowest BCUT2D eigenvalue weighted by molar-refractivity contribution is -0.137. The molecule has 0 spiro atoms. The molecule has 2 aromatic rings. The monoisotopic (exact) mass is 350 g/mol. The quantitative estimate of drug-likeness (QED) is 0.913. The van der Waals surface area contributed by atoms with Crippen molar-refractivity contribution in [3.8, 4) is 5.69 Å². The second kappa shape index (κ2) is 6.37. The molecule has 134 valence electrons. The van der Waals surface area contributed by atoms with E-state index in [0.717, 1.165) is 43.4 Å². The zero-order valence-corrected chi connectivity index (χ0v) is 13.9. The van der Waals surface area contributed by atoms with Crippen molar-refractivity contribution in [2.75, 3.05) is 25.0 Å². The van der Waals surface area contributed by atoms with E-state index in [1.54, 1.807) is 6.07 Å². The van der Waals surface area contributed by atoms with Crippen molar-refractivity contribution < 1.29 is 13.2 Å². The molecule has 0 saturated carbocycles. The number of fused-ring (bicyclic) bond motifs is 1. The lowest BCUT2D eigenvalue weighted by atomic mass is 10.1. The van der Waals surface area contributed by atoms with E-state index in [2.05, 4.69) is 15.3 Å². The highest BCUT2D eigenvalue weighted by atomic mass is 19.4. The Morgan fingerprint density at radius 3 is 2.60 bits per heavy atom. The third-order valence-electron chi connectivity index (χ3n) is 4.99. The van der Waals surface area contributed by atoms with Gasteiger partial charge in [-0.25, -0.2) is 4.68 Å². The summed E-state index contributed by atoms with van der Waals surface area (Å²) in [6, 6.07) is 5.64. The van der Waals surface area contributed by atoms with Crippen LogP contribution in [0.5, 0.6) is 0 Å². The van der Waals surface area contributed by atoms with E-state index in [0.29, 0.717) is 12.4 Å². The van der Waals surface area contributed by atoms with Gasteiger partial charge in [0.1, 0.15) is 5.82 Å². The number of rotatable bonds is 3. The predicted octanol–water partition coefficient (Wildman–Crippen LogP) is 3.85. The largest absolute Gasteiger partial charge is 0.418 e. The number of nitrogens with zero attached hydrogens (tertiary/aromatic N) is 3. The van der Waals surface area contributed by atoms with Crippen molar-refractivity contribution in [2.24, 2.45) is 0 Å². The van der Waals surface area contributed by atoms with Crippen molar-refractivity contribution in [2.45, 2.75) is 38.4 Å².